The van der Waals surface area contributed by atoms with Gasteiger partial charge in [-0.2, -0.15) is 0 Å². The van der Waals surface area contributed by atoms with Gasteiger partial charge >= 0.3 is 0 Å². The Kier molecular flexibility index (Phi) is 1.38. The van der Waals surface area contributed by atoms with E-state index in [4.69, 9.17) is 0 Å². The van der Waals surface area contributed by atoms with Gasteiger partial charge in [0.2, 0.25) is 0 Å². The topological polar surface area (TPSA) is 0 Å². The van der Waals surface area contributed by atoms with Crippen LogP contribution < -0.4 is 0 Å². The molecule has 10 unspecified atom stereocenters. The number of hydrogen-bond acceptors (Lipinski definition) is 0. The molecular weight excluding hydrogens is 324 g/mol. The molecule has 1 aromatic rings. The molecule has 4 bridgehead atoms. The van der Waals surface area contributed by atoms with E-state index in [0.29, 0.717) is 10.8 Å². The standard InChI is InChI=1S/C27H24/c1-2-27-17(1)22-15-6-11-3-10-5-14(19(10)11)21(15)23(22)25(27)26-8-13-4-12-7-18(27)24(26)16(9-26)20(12)13/h6-7,10,13,16-17,20,22-23,25H,1-5,8-9H2. The van der Waals surface area contributed by atoms with Gasteiger partial charge < -0.3 is 0 Å². The molecule has 0 heteroatoms. The lowest BCUT2D eigenvalue weighted by Gasteiger charge is -2.68. The van der Waals surface area contributed by atoms with E-state index in [9.17, 15) is 0 Å². The summed E-state index contributed by atoms with van der Waals surface area (Å²) in [4.78, 5) is 0. The first-order chi connectivity index (χ1) is 13.3. The third-order valence-corrected chi connectivity index (χ3v) is 12.6. The van der Waals surface area contributed by atoms with Crippen LogP contribution >= 0.6 is 0 Å². The van der Waals surface area contributed by atoms with E-state index in [1.165, 1.54) is 19.3 Å². The molecule has 6 fully saturated rings. The molecule has 11 aliphatic carbocycles. The summed E-state index contributed by atoms with van der Waals surface area (Å²) < 4.78 is 0. The highest BCUT2D eigenvalue weighted by Gasteiger charge is 2.83. The zero-order chi connectivity index (χ0) is 16.6. The molecular formula is C27H24. The zero-order valence-corrected chi connectivity index (χ0v) is 15.7. The van der Waals surface area contributed by atoms with Crippen LogP contribution in [0.15, 0.2) is 28.9 Å². The van der Waals surface area contributed by atoms with Crippen molar-refractivity contribution in [3.63, 3.8) is 0 Å². The highest BCUT2D eigenvalue weighted by molar-refractivity contribution is 5.71. The molecule has 0 N–H and O–H groups in total. The van der Waals surface area contributed by atoms with Crippen molar-refractivity contribution in [2.75, 3.05) is 0 Å². The van der Waals surface area contributed by atoms with E-state index in [-0.39, 0.29) is 0 Å². The molecule has 1 aromatic carbocycles. The summed E-state index contributed by atoms with van der Waals surface area (Å²) in [5, 5.41) is 0. The van der Waals surface area contributed by atoms with Crippen molar-refractivity contribution >= 4 is 0 Å². The minimum Gasteiger partial charge on any atom is -0.0656 e. The average Bonchev–Trinajstić information content (AvgIpc) is 2.90. The van der Waals surface area contributed by atoms with Gasteiger partial charge in [-0.15, -0.1) is 0 Å². The Labute approximate surface area is 160 Å². The van der Waals surface area contributed by atoms with Gasteiger partial charge in [0, 0.05) is 5.41 Å². The molecule has 11 aliphatic rings. The minimum absolute atomic E-state index is 0.651. The molecule has 132 valence electrons. The number of benzene rings is 1. The largest absolute Gasteiger partial charge is 0.0656 e. The maximum atomic E-state index is 2.83. The van der Waals surface area contributed by atoms with Gasteiger partial charge in [0.25, 0.3) is 0 Å². The van der Waals surface area contributed by atoms with E-state index in [2.05, 4.69) is 17.7 Å². The van der Waals surface area contributed by atoms with E-state index < -0.39 is 0 Å². The lowest BCUT2D eigenvalue weighted by molar-refractivity contribution is -0.0855. The highest BCUT2D eigenvalue weighted by Crippen LogP contribution is 2.92. The van der Waals surface area contributed by atoms with Crippen LogP contribution in [0.3, 0.4) is 0 Å². The number of fused-ring (bicyclic) bond motifs is 7. The highest BCUT2D eigenvalue weighted by atomic mass is 14.9. The molecule has 10 atom stereocenters. The lowest BCUT2D eigenvalue weighted by Crippen LogP contribution is -2.60. The van der Waals surface area contributed by atoms with Gasteiger partial charge in [0.15, 0.2) is 0 Å². The molecule has 0 radical (unpaired) electrons. The van der Waals surface area contributed by atoms with E-state index >= 15 is 0 Å². The Bertz CT molecular complexity index is 1180. The van der Waals surface area contributed by atoms with Crippen LogP contribution in [0.25, 0.3) is 0 Å². The van der Waals surface area contributed by atoms with Crippen LogP contribution in [0.2, 0.25) is 0 Å². The van der Waals surface area contributed by atoms with E-state index in [0.717, 1.165) is 47.3 Å². The van der Waals surface area contributed by atoms with Crippen molar-refractivity contribution in [3.8, 4) is 0 Å². The van der Waals surface area contributed by atoms with Crippen molar-refractivity contribution in [3.05, 3.63) is 56.7 Å². The lowest BCUT2D eigenvalue weighted by atomic mass is 9.35. The summed E-state index contributed by atoms with van der Waals surface area (Å²) in [6.07, 6.45) is 13.5. The maximum absolute atomic E-state index is 2.83. The Morgan fingerprint density at radius 3 is 2.85 bits per heavy atom. The monoisotopic (exact) mass is 348 g/mol. The van der Waals surface area contributed by atoms with Crippen LogP contribution in [-0.4, -0.2) is 0 Å². The Morgan fingerprint density at radius 2 is 1.96 bits per heavy atom. The molecule has 12 rings (SSSR count). The Hall–Kier alpha value is -1.30. The molecule has 0 heterocycles. The fraction of sp³-hybridized carbons (Fsp3) is 0.630. The van der Waals surface area contributed by atoms with Crippen LogP contribution in [0.4, 0.5) is 0 Å². The first-order valence-corrected chi connectivity index (χ1v) is 12.0. The van der Waals surface area contributed by atoms with Crippen molar-refractivity contribution in [1.82, 2.24) is 0 Å². The molecule has 0 amide bonds. The summed E-state index contributed by atoms with van der Waals surface area (Å²) in [5.41, 5.74) is 16.7. The molecule has 2 spiro atoms. The third-order valence-electron chi connectivity index (χ3n) is 12.6. The molecule has 27 heavy (non-hydrogen) atoms. The summed E-state index contributed by atoms with van der Waals surface area (Å²) >= 11 is 0. The normalized spacial score (nSPS) is 60.7. The fourth-order valence-corrected chi connectivity index (χ4v) is 12.2. The molecule has 0 aliphatic heterocycles. The first kappa shape index (κ1) is 12.3. The summed E-state index contributed by atoms with van der Waals surface area (Å²) in [6.45, 7) is 0. The van der Waals surface area contributed by atoms with Gasteiger partial charge in [0.1, 0.15) is 0 Å². The third kappa shape index (κ3) is 0.818. The van der Waals surface area contributed by atoms with Crippen LogP contribution in [0.5, 0.6) is 0 Å². The van der Waals surface area contributed by atoms with Crippen molar-refractivity contribution in [2.24, 2.45) is 40.4 Å². The van der Waals surface area contributed by atoms with Gasteiger partial charge in [-0.1, -0.05) is 23.3 Å². The number of rotatable bonds is 0. The molecule has 0 aromatic heterocycles. The van der Waals surface area contributed by atoms with Gasteiger partial charge in [-0.05, 0) is 131 Å². The van der Waals surface area contributed by atoms with E-state index in [1.54, 1.807) is 31.2 Å². The molecule has 0 saturated heterocycles. The minimum atomic E-state index is 0.651. The predicted octanol–water partition coefficient (Wildman–Crippen LogP) is 5.39. The SMILES string of the molecule is C1=C2CC3CC45CC(C4=C1C14CCC1C1c6cc7c8c(c6C1C54)CC8C7)C23. The van der Waals surface area contributed by atoms with Crippen molar-refractivity contribution < 1.29 is 0 Å². The predicted molar refractivity (Wildman–Crippen MR) is 103 cm³/mol. The fourth-order valence-electron chi connectivity index (χ4n) is 12.2. The van der Waals surface area contributed by atoms with Gasteiger partial charge in [-0.25, -0.2) is 0 Å². The van der Waals surface area contributed by atoms with Crippen LogP contribution in [-0.2, 0) is 12.8 Å². The second kappa shape index (κ2) is 3.03. The zero-order valence-electron chi connectivity index (χ0n) is 15.7. The number of hydrogen-bond donors (Lipinski definition) is 0. The summed E-state index contributed by atoms with van der Waals surface area (Å²) in [6, 6.07) is 2.72. The van der Waals surface area contributed by atoms with Crippen molar-refractivity contribution in [1.29, 1.82) is 0 Å². The van der Waals surface area contributed by atoms with Gasteiger partial charge in [-0.3, -0.25) is 0 Å². The quantitative estimate of drug-likeness (QED) is 0.590. The molecule has 0 nitrogen and oxygen atoms in total. The Morgan fingerprint density at radius 1 is 0.963 bits per heavy atom. The first-order valence-electron chi connectivity index (χ1n) is 12.0. The molecule has 6 saturated carbocycles. The summed E-state index contributed by atoms with van der Waals surface area (Å²) in [5.74, 6) is 8.13. The average molecular weight is 348 g/mol. The second-order valence-corrected chi connectivity index (χ2v) is 12.5. The number of allylic oxidation sites excluding steroid dienone is 4. The van der Waals surface area contributed by atoms with Crippen LogP contribution in [0.1, 0.15) is 77.7 Å². The summed E-state index contributed by atoms with van der Waals surface area (Å²) in [7, 11) is 0. The van der Waals surface area contributed by atoms with Crippen molar-refractivity contribution in [2.45, 2.75) is 62.7 Å². The van der Waals surface area contributed by atoms with E-state index in [1.807, 2.05) is 33.4 Å². The van der Waals surface area contributed by atoms with Crippen LogP contribution in [0, 0.1) is 40.4 Å². The van der Waals surface area contributed by atoms with Gasteiger partial charge in [0.05, 0.1) is 0 Å². The Balaban J connectivity index is 1.23. The smallest absolute Gasteiger partial charge is 0.00299 e. The second-order valence-electron chi connectivity index (χ2n) is 12.5. The maximum Gasteiger partial charge on any atom is 0.00299 e.